The fourth-order valence-electron chi connectivity index (χ4n) is 2.28. The van der Waals surface area contributed by atoms with E-state index in [1.54, 1.807) is 0 Å². The van der Waals surface area contributed by atoms with Crippen molar-refractivity contribution in [2.45, 2.75) is 13.5 Å². The monoisotopic (exact) mass is 298 g/mol. The van der Waals surface area contributed by atoms with Gasteiger partial charge in [0.2, 0.25) is 0 Å². The number of hydrogen-bond acceptors (Lipinski definition) is 5. The van der Waals surface area contributed by atoms with Crippen LogP contribution in [-0.4, -0.2) is 19.6 Å². The van der Waals surface area contributed by atoms with Gasteiger partial charge in [0.15, 0.2) is 0 Å². The molecule has 0 unspecified atom stereocenters. The van der Waals surface area contributed by atoms with Gasteiger partial charge in [0.1, 0.15) is 5.69 Å². The van der Waals surface area contributed by atoms with Gasteiger partial charge in [-0.25, -0.2) is 0 Å². The summed E-state index contributed by atoms with van der Waals surface area (Å²) < 4.78 is 0. The molecule has 0 spiro atoms. The molecule has 0 aliphatic rings. The standard InChI is InChI=1S/C17H22N4O/c1-2-20-16-8-7-15(11-17(16)21-22)14-5-3-13(4-6-14)12-19-10-9-18/h3-8,11,19-20H,2,9-10,12,18H2,1H3. The first kappa shape index (κ1) is 16.1. The maximum atomic E-state index is 11.0. The Balaban J connectivity index is 2.15. The van der Waals surface area contributed by atoms with Crippen molar-refractivity contribution < 1.29 is 0 Å². The second kappa shape index (κ2) is 8.26. The van der Waals surface area contributed by atoms with Crippen LogP contribution in [0.5, 0.6) is 0 Å². The largest absolute Gasteiger partial charge is 0.383 e. The van der Waals surface area contributed by atoms with Crippen molar-refractivity contribution in [2.24, 2.45) is 10.9 Å². The summed E-state index contributed by atoms with van der Waals surface area (Å²) >= 11 is 0. The van der Waals surface area contributed by atoms with Crippen LogP contribution in [0.4, 0.5) is 11.4 Å². The highest BCUT2D eigenvalue weighted by atomic mass is 16.3. The summed E-state index contributed by atoms with van der Waals surface area (Å²) in [5.74, 6) is 0. The third kappa shape index (κ3) is 4.13. The van der Waals surface area contributed by atoms with Crippen LogP contribution in [0.15, 0.2) is 47.6 Å². The molecule has 4 N–H and O–H groups in total. The Kier molecular flexibility index (Phi) is 6.06. The number of anilines is 1. The molecule has 0 fully saturated rings. The molecule has 0 amide bonds. The van der Waals surface area contributed by atoms with Gasteiger partial charge in [-0.2, -0.15) is 0 Å². The van der Waals surface area contributed by atoms with Gasteiger partial charge in [-0.05, 0) is 40.9 Å². The lowest BCUT2D eigenvalue weighted by Gasteiger charge is -2.09. The third-order valence-corrected chi connectivity index (χ3v) is 3.40. The molecule has 22 heavy (non-hydrogen) atoms. The first-order chi connectivity index (χ1) is 10.8. The summed E-state index contributed by atoms with van der Waals surface area (Å²) in [5.41, 5.74) is 9.91. The second-order valence-electron chi connectivity index (χ2n) is 5.02. The van der Waals surface area contributed by atoms with Gasteiger partial charge in [-0.3, -0.25) is 0 Å². The predicted octanol–water partition coefficient (Wildman–Crippen LogP) is 3.23. The third-order valence-electron chi connectivity index (χ3n) is 3.40. The topological polar surface area (TPSA) is 79.5 Å². The Morgan fingerprint density at radius 2 is 1.82 bits per heavy atom. The number of nitrogens with zero attached hydrogens (tertiary/aromatic N) is 1. The van der Waals surface area contributed by atoms with E-state index in [4.69, 9.17) is 5.73 Å². The molecule has 0 saturated carbocycles. The average molecular weight is 298 g/mol. The van der Waals surface area contributed by atoms with E-state index >= 15 is 0 Å². The van der Waals surface area contributed by atoms with Gasteiger partial charge < -0.3 is 16.4 Å². The molecule has 5 nitrogen and oxygen atoms in total. The zero-order chi connectivity index (χ0) is 15.8. The van der Waals surface area contributed by atoms with E-state index in [1.807, 2.05) is 25.1 Å². The molecular weight excluding hydrogens is 276 g/mol. The molecule has 5 heteroatoms. The van der Waals surface area contributed by atoms with Crippen LogP contribution in [0.1, 0.15) is 12.5 Å². The maximum absolute atomic E-state index is 11.0. The van der Waals surface area contributed by atoms with E-state index in [2.05, 4.69) is 40.1 Å². The van der Waals surface area contributed by atoms with Crippen molar-refractivity contribution in [3.8, 4) is 11.1 Å². The minimum absolute atomic E-state index is 0.438. The van der Waals surface area contributed by atoms with Gasteiger partial charge in [-0.15, -0.1) is 4.91 Å². The number of benzene rings is 2. The summed E-state index contributed by atoms with van der Waals surface area (Å²) in [5, 5.41) is 9.50. The number of hydrogen-bond donors (Lipinski definition) is 3. The normalized spacial score (nSPS) is 10.5. The number of nitrogens with one attached hydrogen (secondary N) is 2. The van der Waals surface area contributed by atoms with Gasteiger partial charge in [-0.1, -0.05) is 30.3 Å². The van der Waals surface area contributed by atoms with Crippen molar-refractivity contribution >= 4 is 11.4 Å². The van der Waals surface area contributed by atoms with E-state index in [1.165, 1.54) is 5.56 Å². The first-order valence-corrected chi connectivity index (χ1v) is 7.50. The highest BCUT2D eigenvalue weighted by Gasteiger charge is 2.05. The molecular formula is C17H22N4O. The molecule has 0 radical (unpaired) electrons. The minimum Gasteiger partial charge on any atom is -0.383 e. The van der Waals surface area contributed by atoms with Crippen LogP contribution in [0.3, 0.4) is 0 Å². The fraction of sp³-hybridized carbons (Fsp3) is 0.294. The molecule has 0 heterocycles. The van der Waals surface area contributed by atoms with Crippen LogP contribution in [0.2, 0.25) is 0 Å². The molecule has 0 aliphatic heterocycles. The molecule has 2 aromatic rings. The second-order valence-corrected chi connectivity index (χ2v) is 5.02. The summed E-state index contributed by atoms with van der Waals surface area (Å²) in [7, 11) is 0. The zero-order valence-electron chi connectivity index (χ0n) is 12.8. The lowest BCUT2D eigenvalue weighted by molar-refractivity contribution is 0.695. The molecule has 116 valence electrons. The highest BCUT2D eigenvalue weighted by molar-refractivity contribution is 5.75. The van der Waals surface area contributed by atoms with E-state index in [-0.39, 0.29) is 0 Å². The SMILES string of the molecule is CCNc1ccc(-c2ccc(CNCCN)cc2)cc1N=O. The summed E-state index contributed by atoms with van der Waals surface area (Å²) in [4.78, 5) is 11.0. The molecule has 2 rings (SSSR count). The summed E-state index contributed by atoms with van der Waals surface area (Å²) in [6.07, 6.45) is 0. The van der Waals surface area contributed by atoms with Gasteiger partial charge >= 0.3 is 0 Å². The Hall–Kier alpha value is -2.24. The first-order valence-electron chi connectivity index (χ1n) is 7.50. The quantitative estimate of drug-likeness (QED) is 0.516. The Bertz CT molecular complexity index is 611. The van der Waals surface area contributed by atoms with Crippen LogP contribution in [0, 0.1) is 4.91 Å². The zero-order valence-corrected chi connectivity index (χ0v) is 12.8. The number of rotatable bonds is 8. The predicted molar refractivity (Wildman–Crippen MR) is 92.3 cm³/mol. The van der Waals surface area contributed by atoms with Crippen LogP contribution >= 0.6 is 0 Å². The number of nitroso groups, excluding NO2 is 1. The Morgan fingerprint density at radius 3 is 2.45 bits per heavy atom. The molecule has 0 saturated heterocycles. The fourth-order valence-corrected chi connectivity index (χ4v) is 2.28. The molecule has 0 bridgehead atoms. The van der Waals surface area contributed by atoms with Crippen LogP contribution < -0.4 is 16.4 Å². The van der Waals surface area contributed by atoms with Crippen molar-refractivity contribution in [2.75, 3.05) is 25.0 Å². The van der Waals surface area contributed by atoms with E-state index in [9.17, 15) is 4.91 Å². The maximum Gasteiger partial charge on any atom is 0.131 e. The minimum atomic E-state index is 0.438. The van der Waals surface area contributed by atoms with E-state index in [0.717, 1.165) is 36.4 Å². The molecule has 0 aliphatic carbocycles. The Labute approximate surface area is 130 Å². The van der Waals surface area contributed by atoms with Crippen molar-refractivity contribution in [1.29, 1.82) is 0 Å². The number of nitrogens with two attached hydrogens (primary N) is 1. The van der Waals surface area contributed by atoms with Crippen molar-refractivity contribution in [3.05, 3.63) is 52.9 Å². The molecule has 0 atom stereocenters. The summed E-state index contributed by atoms with van der Waals surface area (Å²) in [6.45, 7) is 4.99. The molecule has 2 aromatic carbocycles. The highest BCUT2D eigenvalue weighted by Crippen LogP contribution is 2.31. The van der Waals surface area contributed by atoms with Gasteiger partial charge in [0, 0.05) is 26.2 Å². The van der Waals surface area contributed by atoms with Crippen LogP contribution in [-0.2, 0) is 6.54 Å². The lowest BCUT2D eigenvalue weighted by Crippen LogP contribution is -2.21. The van der Waals surface area contributed by atoms with Gasteiger partial charge in [0.05, 0.1) is 5.69 Å². The Morgan fingerprint density at radius 1 is 1.09 bits per heavy atom. The smallest absolute Gasteiger partial charge is 0.131 e. The van der Waals surface area contributed by atoms with E-state index in [0.29, 0.717) is 12.2 Å². The van der Waals surface area contributed by atoms with Crippen molar-refractivity contribution in [3.63, 3.8) is 0 Å². The van der Waals surface area contributed by atoms with Crippen molar-refractivity contribution in [1.82, 2.24) is 5.32 Å². The van der Waals surface area contributed by atoms with Gasteiger partial charge in [0.25, 0.3) is 0 Å². The summed E-state index contributed by atoms with van der Waals surface area (Å²) in [6, 6.07) is 14.0. The molecule has 0 aromatic heterocycles. The van der Waals surface area contributed by atoms with E-state index < -0.39 is 0 Å². The average Bonchev–Trinajstić information content (AvgIpc) is 2.56. The lowest BCUT2D eigenvalue weighted by atomic mass is 10.0. The van der Waals surface area contributed by atoms with Crippen LogP contribution in [0.25, 0.3) is 11.1 Å².